The van der Waals surface area contributed by atoms with Gasteiger partial charge in [0.25, 0.3) is 0 Å². The van der Waals surface area contributed by atoms with Crippen LogP contribution in [0.1, 0.15) is 25.3 Å². The van der Waals surface area contributed by atoms with E-state index in [0.717, 1.165) is 12.0 Å². The molecule has 1 aromatic heterocycles. The second kappa shape index (κ2) is 5.49. The Labute approximate surface area is 126 Å². The Kier molecular flexibility index (Phi) is 3.66. The maximum absolute atomic E-state index is 11.7. The Bertz CT molecular complexity index is 747. The molecular weight excluding hydrogens is 286 g/mol. The second-order valence-electron chi connectivity index (χ2n) is 5.62. The van der Waals surface area contributed by atoms with Gasteiger partial charge in [0, 0.05) is 19.6 Å². The lowest BCUT2D eigenvalue weighted by Gasteiger charge is -2.46. The van der Waals surface area contributed by atoms with Crippen molar-refractivity contribution in [3.8, 4) is 0 Å². The molecule has 1 aliphatic rings. The Morgan fingerprint density at radius 3 is 3.05 bits per heavy atom. The number of fused-ring (bicyclic) bond motifs is 1. The lowest BCUT2D eigenvalue weighted by atomic mass is 9.82. The summed E-state index contributed by atoms with van der Waals surface area (Å²) in [4.78, 5) is 27.1. The van der Waals surface area contributed by atoms with E-state index in [2.05, 4.69) is 10.3 Å². The minimum Gasteiger partial charge on any atom is -0.465 e. The fourth-order valence-corrected chi connectivity index (χ4v) is 3.35. The highest BCUT2D eigenvalue weighted by atomic mass is 16.4. The molecule has 22 heavy (non-hydrogen) atoms. The molecule has 1 atom stereocenters. The number of benzene rings is 1. The number of oxazole rings is 1. The molecule has 1 aromatic carbocycles. The summed E-state index contributed by atoms with van der Waals surface area (Å²) in [5.74, 6) is -0.506. The summed E-state index contributed by atoms with van der Waals surface area (Å²) < 4.78 is 5.12. The number of hydrogen-bond donors (Lipinski definition) is 3. The summed E-state index contributed by atoms with van der Waals surface area (Å²) >= 11 is 0. The average molecular weight is 305 g/mol. The van der Waals surface area contributed by atoms with E-state index in [0.29, 0.717) is 37.2 Å². The van der Waals surface area contributed by atoms with Crippen molar-refractivity contribution in [2.24, 2.45) is 0 Å². The maximum Gasteiger partial charge on any atom is 0.417 e. The van der Waals surface area contributed by atoms with Crippen molar-refractivity contribution in [2.75, 3.05) is 19.6 Å². The van der Waals surface area contributed by atoms with Crippen molar-refractivity contribution in [1.82, 2.24) is 15.2 Å². The van der Waals surface area contributed by atoms with E-state index in [1.165, 1.54) is 4.90 Å². The number of aromatic nitrogens is 1. The number of amides is 1. The molecule has 1 saturated heterocycles. The highest BCUT2D eigenvalue weighted by Gasteiger charge is 2.42. The smallest absolute Gasteiger partial charge is 0.417 e. The number of hydrogen-bond acceptors (Lipinski definition) is 4. The van der Waals surface area contributed by atoms with E-state index < -0.39 is 17.4 Å². The first kappa shape index (κ1) is 14.6. The minimum absolute atomic E-state index is 0.435. The number of piperazine rings is 1. The van der Waals surface area contributed by atoms with Gasteiger partial charge in [-0.15, -0.1) is 0 Å². The zero-order valence-electron chi connectivity index (χ0n) is 12.4. The van der Waals surface area contributed by atoms with E-state index in [1.54, 1.807) is 12.1 Å². The molecule has 2 heterocycles. The van der Waals surface area contributed by atoms with Crippen LogP contribution in [-0.2, 0) is 5.54 Å². The second-order valence-corrected chi connectivity index (χ2v) is 5.62. The van der Waals surface area contributed by atoms with Crippen LogP contribution in [0.5, 0.6) is 0 Å². The predicted molar refractivity (Wildman–Crippen MR) is 81.0 cm³/mol. The first-order valence-corrected chi connectivity index (χ1v) is 7.41. The molecule has 3 N–H and O–H groups in total. The number of H-pyrrole nitrogens is 1. The van der Waals surface area contributed by atoms with Crippen molar-refractivity contribution < 1.29 is 14.3 Å². The highest BCUT2D eigenvalue weighted by molar-refractivity contribution is 5.74. The van der Waals surface area contributed by atoms with Crippen LogP contribution in [0.25, 0.3) is 11.1 Å². The third kappa shape index (κ3) is 2.27. The van der Waals surface area contributed by atoms with Gasteiger partial charge in [0.1, 0.15) is 0 Å². The number of carboxylic acid groups (broad SMARTS) is 1. The summed E-state index contributed by atoms with van der Waals surface area (Å²) in [6.07, 6.45) is 0.623. The zero-order chi connectivity index (χ0) is 15.7. The van der Waals surface area contributed by atoms with Crippen LogP contribution in [0.4, 0.5) is 4.79 Å². The summed E-state index contributed by atoms with van der Waals surface area (Å²) in [5, 5.41) is 12.9. The molecule has 118 valence electrons. The number of carbonyl (C=O) groups is 1. The fraction of sp³-hybridized carbons (Fsp3) is 0.467. The van der Waals surface area contributed by atoms with Gasteiger partial charge in [-0.1, -0.05) is 19.4 Å². The summed E-state index contributed by atoms with van der Waals surface area (Å²) in [6.45, 7) is 3.66. The summed E-state index contributed by atoms with van der Waals surface area (Å²) in [6, 6.07) is 5.40. The van der Waals surface area contributed by atoms with Gasteiger partial charge in [0.15, 0.2) is 5.58 Å². The lowest BCUT2D eigenvalue weighted by molar-refractivity contribution is 0.0482. The normalized spacial score (nSPS) is 22.1. The van der Waals surface area contributed by atoms with Gasteiger partial charge in [-0.05, 0) is 24.1 Å². The molecule has 0 spiro atoms. The van der Waals surface area contributed by atoms with Crippen LogP contribution in [0, 0.1) is 0 Å². The molecule has 0 radical (unpaired) electrons. The van der Waals surface area contributed by atoms with Crippen LogP contribution in [-0.4, -0.2) is 40.7 Å². The topological polar surface area (TPSA) is 98.6 Å². The lowest BCUT2D eigenvalue weighted by Crippen LogP contribution is -2.60. The van der Waals surface area contributed by atoms with Gasteiger partial charge in [-0.3, -0.25) is 9.88 Å². The molecule has 2 aromatic rings. The third-order valence-electron chi connectivity index (χ3n) is 4.30. The molecule has 1 unspecified atom stereocenters. The highest BCUT2D eigenvalue weighted by Crippen LogP contribution is 2.36. The minimum atomic E-state index is -0.925. The molecular formula is C15H19N3O4. The maximum atomic E-state index is 11.7. The van der Waals surface area contributed by atoms with Crippen LogP contribution in [0.3, 0.4) is 0 Å². The van der Waals surface area contributed by atoms with E-state index >= 15 is 0 Å². The number of nitrogens with one attached hydrogen (secondary N) is 2. The first-order chi connectivity index (χ1) is 10.6. The summed E-state index contributed by atoms with van der Waals surface area (Å²) in [7, 11) is 0. The Morgan fingerprint density at radius 1 is 1.50 bits per heavy atom. The molecule has 0 bridgehead atoms. The van der Waals surface area contributed by atoms with Gasteiger partial charge < -0.3 is 14.8 Å². The van der Waals surface area contributed by atoms with Crippen LogP contribution >= 0.6 is 0 Å². The molecule has 1 aliphatic heterocycles. The Hall–Kier alpha value is -2.28. The molecule has 7 nitrogen and oxygen atoms in total. The predicted octanol–water partition coefficient (Wildman–Crippen LogP) is 1.70. The van der Waals surface area contributed by atoms with Gasteiger partial charge in [-0.2, -0.15) is 0 Å². The number of aromatic amines is 1. The number of rotatable bonds is 3. The molecule has 7 heteroatoms. The number of nitrogens with zero attached hydrogens (tertiary/aromatic N) is 1. The monoisotopic (exact) mass is 305 g/mol. The van der Waals surface area contributed by atoms with Gasteiger partial charge in [0.2, 0.25) is 0 Å². The SMILES string of the molecule is CCCC1(c2ccc3[nH]c(=O)oc3c2)CNCCN1C(=O)O. The van der Waals surface area contributed by atoms with Crippen molar-refractivity contribution in [3.05, 3.63) is 34.3 Å². The molecule has 1 fully saturated rings. The zero-order valence-corrected chi connectivity index (χ0v) is 12.4. The molecule has 1 amide bonds. The van der Waals surface area contributed by atoms with E-state index in [1.807, 2.05) is 13.0 Å². The van der Waals surface area contributed by atoms with Crippen molar-refractivity contribution in [1.29, 1.82) is 0 Å². The third-order valence-corrected chi connectivity index (χ3v) is 4.30. The van der Waals surface area contributed by atoms with Crippen molar-refractivity contribution >= 4 is 17.2 Å². The van der Waals surface area contributed by atoms with E-state index in [4.69, 9.17) is 4.42 Å². The largest absolute Gasteiger partial charge is 0.465 e. The Balaban J connectivity index is 2.14. The summed E-state index contributed by atoms with van der Waals surface area (Å²) in [5.41, 5.74) is 1.28. The molecule has 0 saturated carbocycles. The Morgan fingerprint density at radius 2 is 2.32 bits per heavy atom. The molecule has 0 aliphatic carbocycles. The first-order valence-electron chi connectivity index (χ1n) is 7.41. The van der Waals surface area contributed by atoms with Gasteiger partial charge >= 0.3 is 11.8 Å². The average Bonchev–Trinajstić information content (AvgIpc) is 2.86. The van der Waals surface area contributed by atoms with Gasteiger partial charge in [-0.25, -0.2) is 9.59 Å². The fourth-order valence-electron chi connectivity index (χ4n) is 3.35. The quantitative estimate of drug-likeness (QED) is 0.801. The van der Waals surface area contributed by atoms with Crippen LogP contribution in [0.2, 0.25) is 0 Å². The van der Waals surface area contributed by atoms with E-state index in [-0.39, 0.29) is 0 Å². The standard InChI is InChI=1S/C15H19N3O4/c1-2-5-15(9-16-6-7-18(15)14(20)21)10-3-4-11-12(8-10)22-13(19)17-11/h3-4,8,16H,2,5-7,9H2,1H3,(H,17,19)(H,20,21). The molecule has 3 rings (SSSR count). The van der Waals surface area contributed by atoms with Crippen LogP contribution < -0.4 is 11.1 Å². The van der Waals surface area contributed by atoms with Crippen LogP contribution in [0.15, 0.2) is 27.4 Å². The van der Waals surface area contributed by atoms with Crippen molar-refractivity contribution in [3.63, 3.8) is 0 Å². The van der Waals surface area contributed by atoms with Gasteiger partial charge in [0.05, 0.1) is 11.1 Å². The van der Waals surface area contributed by atoms with E-state index in [9.17, 15) is 14.7 Å². The van der Waals surface area contributed by atoms with Crippen molar-refractivity contribution in [2.45, 2.75) is 25.3 Å².